The first-order valence-electron chi connectivity index (χ1n) is 11.6. The van der Waals surface area contributed by atoms with Crippen LogP contribution in [0.25, 0.3) is 0 Å². The molecule has 0 heterocycles. The molecule has 0 spiro atoms. The van der Waals surface area contributed by atoms with Crippen molar-refractivity contribution < 1.29 is 23.9 Å². The minimum absolute atomic E-state index is 0.00523. The van der Waals surface area contributed by atoms with Crippen LogP contribution in [0.3, 0.4) is 0 Å². The van der Waals surface area contributed by atoms with Gasteiger partial charge in [-0.1, -0.05) is 19.4 Å². The number of allylic oxidation sites excluding steroid dienone is 1. The van der Waals surface area contributed by atoms with Gasteiger partial charge in [0.05, 0.1) is 0 Å². The first-order chi connectivity index (χ1) is 14.0. The molecular weight excluding hydrogens is 380 g/mol. The van der Waals surface area contributed by atoms with Crippen LogP contribution in [-0.2, 0) is 23.9 Å². The monoisotopic (exact) mass is 416 g/mol. The van der Waals surface area contributed by atoms with E-state index in [-0.39, 0.29) is 34.7 Å². The Morgan fingerprint density at radius 1 is 0.900 bits per heavy atom. The second-order valence-electron chi connectivity index (χ2n) is 10.7. The SMILES string of the molecule is CC(=O)OC1C=C2CCC3C(CC[C@@]4(C)C3CC[C@]4(OC(C)=O)C(C)=O)[C@@]2(C)CC1. The third-order valence-corrected chi connectivity index (χ3v) is 9.39. The van der Waals surface area contributed by atoms with Crippen LogP contribution < -0.4 is 0 Å². The first-order valence-corrected chi connectivity index (χ1v) is 11.6. The Labute approximate surface area is 179 Å². The Kier molecular flexibility index (Phi) is 5.18. The van der Waals surface area contributed by atoms with Crippen molar-refractivity contribution in [1.82, 2.24) is 0 Å². The lowest BCUT2D eigenvalue weighted by atomic mass is 9.46. The number of hydrogen-bond acceptors (Lipinski definition) is 5. The van der Waals surface area contributed by atoms with Gasteiger partial charge in [0, 0.05) is 19.3 Å². The van der Waals surface area contributed by atoms with E-state index in [1.54, 1.807) is 6.92 Å². The smallest absolute Gasteiger partial charge is 0.303 e. The Bertz CT molecular complexity index is 799. The molecule has 5 nitrogen and oxygen atoms in total. The molecule has 166 valence electrons. The molecule has 0 aromatic heterocycles. The van der Waals surface area contributed by atoms with Crippen molar-refractivity contribution >= 4 is 17.7 Å². The van der Waals surface area contributed by atoms with E-state index in [1.165, 1.54) is 19.4 Å². The van der Waals surface area contributed by atoms with Gasteiger partial charge < -0.3 is 9.47 Å². The van der Waals surface area contributed by atoms with E-state index in [4.69, 9.17) is 9.47 Å². The zero-order chi connectivity index (χ0) is 21.9. The van der Waals surface area contributed by atoms with Crippen LogP contribution >= 0.6 is 0 Å². The molecule has 0 amide bonds. The lowest BCUT2D eigenvalue weighted by Crippen LogP contribution is -2.58. The summed E-state index contributed by atoms with van der Waals surface area (Å²) in [4.78, 5) is 36.2. The molecule has 0 aliphatic heterocycles. The molecule has 4 unspecified atom stereocenters. The van der Waals surface area contributed by atoms with Crippen molar-refractivity contribution in [2.24, 2.45) is 28.6 Å². The highest BCUT2D eigenvalue weighted by molar-refractivity contribution is 5.89. The molecule has 0 aromatic rings. The Morgan fingerprint density at radius 3 is 2.23 bits per heavy atom. The molecule has 4 rings (SSSR count). The number of esters is 2. The molecule has 3 fully saturated rings. The Morgan fingerprint density at radius 2 is 1.60 bits per heavy atom. The summed E-state index contributed by atoms with van der Waals surface area (Å²) in [5, 5.41) is 0. The third kappa shape index (κ3) is 2.98. The van der Waals surface area contributed by atoms with Gasteiger partial charge in [0.15, 0.2) is 11.4 Å². The topological polar surface area (TPSA) is 69.7 Å². The third-order valence-electron chi connectivity index (χ3n) is 9.39. The van der Waals surface area contributed by atoms with Crippen LogP contribution in [0.4, 0.5) is 0 Å². The Hall–Kier alpha value is -1.65. The molecule has 5 heteroatoms. The Balaban J connectivity index is 1.63. The van der Waals surface area contributed by atoms with Crippen molar-refractivity contribution in [3.05, 3.63) is 11.6 Å². The zero-order valence-corrected chi connectivity index (χ0v) is 19.1. The summed E-state index contributed by atoms with van der Waals surface area (Å²) < 4.78 is 11.3. The molecule has 0 aromatic carbocycles. The molecule has 3 saturated carbocycles. The van der Waals surface area contributed by atoms with Crippen LogP contribution in [0, 0.1) is 28.6 Å². The highest BCUT2D eigenvalue weighted by Crippen LogP contribution is 2.68. The van der Waals surface area contributed by atoms with Crippen LogP contribution in [0.1, 0.15) is 86.0 Å². The van der Waals surface area contributed by atoms with Crippen LogP contribution in [0.5, 0.6) is 0 Å². The van der Waals surface area contributed by atoms with Gasteiger partial charge in [-0.15, -0.1) is 0 Å². The number of ether oxygens (including phenoxy) is 2. The van der Waals surface area contributed by atoms with E-state index in [1.807, 2.05) is 0 Å². The lowest BCUT2D eigenvalue weighted by molar-refractivity contribution is -0.187. The fourth-order valence-corrected chi connectivity index (χ4v) is 8.06. The van der Waals surface area contributed by atoms with E-state index in [2.05, 4.69) is 19.9 Å². The fourth-order valence-electron chi connectivity index (χ4n) is 8.06. The van der Waals surface area contributed by atoms with Gasteiger partial charge in [0.2, 0.25) is 0 Å². The average molecular weight is 417 g/mol. The van der Waals surface area contributed by atoms with Gasteiger partial charge in [-0.05, 0) is 87.5 Å². The van der Waals surface area contributed by atoms with Gasteiger partial charge in [-0.25, -0.2) is 0 Å². The maximum Gasteiger partial charge on any atom is 0.303 e. The number of rotatable bonds is 3. The van der Waals surface area contributed by atoms with E-state index < -0.39 is 5.60 Å². The predicted octanol–water partition coefficient (Wildman–Crippen LogP) is 4.77. The molecule has 4 aliphatic carbocycles. The largest absolute Gasteiger partial charge is 0.458 e. The zero-order valence-electron chi connectivity index (χ0n) is 19.1. The number of fused-ring (bicyclic) bond motifs is 5. The van der Waals surface area contributed by atoms with Crippen molar-refractivity contribution in [2.45, 2.75) is 97.7 Å². The van der Waals surface area contributed by atoms with Crippen LogP contribution in [-0.4, -0.2) is 29.4 Å². The number of carbonyl (C=O) groups excluding carboxylic acids is 3. The van der Waals surface area contributed by atoms with E-state index >= 15 is 0 Å². The molecule has 0 N–H and O–H groups in total. The van der Waals surface area contributed by atoms with Gasteiger partial charge in [-0.2, -0.15) is 0 Å². The summed E-state index contributed by atoms with van der Waals surface area (Å²) in [5.74, 6) is 0.981. The number of ketones is 1. The molecule has 30 heavy (non-hydrogen) atoms. The van der Waals surface area contributed by atoms with Crippen molar-refractivity contribution in [1.29, 1.82) is 0 Å². The molecular formula is C25H36O5. The van der Waals surface area contributed by atoms with Gasteiger partial charge >= 0.3 is 11.9 Å². The highest BCUT2D eigenvalue weighted by atomic mass is 16.6. The standard InChI is InChI=1S/C25H36O5/c1-15(26)25(30-17(3)28)13-10-22-20-7-6-18-14-19(29-16(2)27)8-11-23(18,4)21(20)9-12-24(22,25)5/h14,19-22H,6-13H2,1-5H3/t19?,20?,21?,22?,23-,24-,25-/m0/s1. The maximum atomic E-state index is 12.8. The second kappa shape index (κ2) is 7.20. The minimum atomic E-state index is -0.960. The summed E-state index contributed by atoms with van der Waals surface area (Å²) in [6.07, 6.45) is 9.78. The lowest BCUT2D eigenvalue weighted by Gasteiger charge is -2.59. The van der Waals surface area contributed by atoms with Crippen molar-refractivity contribution in [2.75, 3.05) is 0 Å². The van der Waals surface area contributed by atoms with Gasteiger partial charge in [0.1, 0.15) is 6.10 Å². The fraction of sp³-hybridized carbons (Fsp3) is 0.800. The number of carbonyl (C=O) groups is 3. The summed E-state index contributed by atoms with van der Waals surface area (Å²) in [6.45, 7) is 9.11. The van der Waals surface area contributed by atoms with Crippen LogP contribution in [0.15, 0.2) is 11.6 Å². The number of Topliss-reactive ketones (excluding diaryl/α,β-unsaturated/α-hetero) is 1. The molecule has 7 atom stereocenters. The average Bonchev–Trinajstić information content (AvgIpc) is 2.94. The normalized spacial score (nSPS) is 44.8. The number of hydrogen-bond donors (Lipinski definition) is 0. The van der Waals surface area contributed by atoms with Crippen molar-refractivity contribution in [3.8, 4) is 0 Å². The summed E-state index contributed by atoms with van der Waals surface area (Å²) in [7, 11) is 0. The van der Waals surface area contributed by atoms with Crippen LogP contribution in [0.2, 0.25) is 0 Å². The second-order valence-corrected chi connectivity index (χ2v) is 10.7. The molecule has 0 radical (unpaired) electrons. The molecule has 0 saturated heterocycles. The highest BCUT2D eigenvalue weighted by Gasteiger charge is 2.67. The predicted molar refractivity (Wildman–Crippen MR) is 112 cm³/mol. The summed E-state index contributed by atoms with van der Waals surface area (Å²) in [5.41, 5.74) is 0.362. The first kappa shape index (κ1) is 21.6. The van der Waals surface area contributed by atoms with E-state index in [0.29, 0.717) is 24.2 Å². The van der Waals surface area contributed by atoms with E-state index in [0.717, 1.165) is 44.9 Å². The quantitative estimate of drug-likeness (QED) is 0.489. The summed E-state index contributed by atoms with van der Waals surface area (Å²) >= 11 is 0. The summed E-state index contributed by atoms with van der Waals surface area (Å²) in [6, 6.07) is 0. The minimum Gasteiger partial charge on any atom is -0.458 e. The van der Waals surface area contributed by atoms with Gasteiger partial charge in [-0.3, -0.25) is 14.4 Å². The molecule has 4 aliphatic rings. The van der Waals surface area contributed by atoms with E-state index in [9.17, 15) is 14.4 Å². The van der Waals surface area contributed by atoms with Gasteiger partial charge in [0.25, 0.3) is 0 Å². The van der Waals surface area contributed by atoms with Crippen molar-refractivity contribution in [3.63, 3.8) is 0 Å². The maximum absolute atomic E-state index is 12.8. The molecule has 0 bridgehead atoms.